The molecule has 6 nitrogen and oxygen atoms in total. The Morgan fingerprint density at radius 2 is 2.00 bits per heavy atom. The van der Waals surface area contributed by atoms with Gasteiger partial charge in [-0.2, -0.15) is 5.10 Å². The molecular weight excluding hydrogens is 364 g/mol. The highest BCUT2D eigenvalue weighted by Crippen LogP contribution is 2.23. The molecule has 2 heterocycles. The van der Waals surface area contributed by atoms with Crippen LogP contribution in [0.3, 0.4) is 0 Å². The van der Waals surface area contributed by atoms with Gasteiger partial charge in [0.25, 0.3) is 5.91 Å². The van der Waals surface area contributed by atoms with E-state index in [1.54, 1.807) is 36.5 Å². The molecule has 3 aromatic rings. The van der Waals surface area contributed by atoms with Crippen LogP contribution in [-0.4, -0.2) is 17.7 Å². The summed E-state index contributed by atoms with van der Waals surface area (Å²) < 4.78 is 10.9. The van der Waals surface area contributed by atoms with E-state index < -0.39 is 11.7 Å². The lowest BCUT2D eigenvalue weighted by atomic mass is 10.1. The van der Waals surface area contributed by atoms with Gasteiger partial charge in [-0.25, -0.2) is 10.2 Å². The molecule has 1 amide bonds. The smallest absolute Gasteiger partial charge is 0.336 e. The van der Waals surface area contributed by atoms with E-state index in [4.69, 9.17) is 9.15 Å². The van der Waals surface area contributed by atoms with Gasteiger partial charge in [-0.05, 0) is 57.5 Å². The lowest BCUT2D eigenvalue weighted by Gasteiger charge is -2.13. The summed E-state index contributed by atoms with van der Waals surface area (Å²) >= 11 is 1.61. The maximum absolute atomic E-state index is 12.2. The van der Waals surface area contributed by atoms with Crippen molar-refractivity contribution in [1.82, 2.24) is 5.43 Å². The molecule has 0 saturated carbocycles. The molecule has 1 aromatic carbocycles. The first-order chi connectivity index (χ1) is 12.8. The van der Waals surface area contributed by atoms with Gasteiger partial charge in [0, 0.05) is 22.4 Å². The fraction of sp³-hybridized carbons (Fsp3) is 0.250. The van der Waals surface area contributed by atoms with Gasteiger partial charge in [0.05, 0.1) is 10.6 Å². The number of nitrogens with one attached hydrogen (secondary N) is 1. The van der Waals surface area contributed by atoms with E-state index in [0.717, 1.165) is 21.5 Å². The molecule has 0 unspecified atom stereocenters. The minimum absolute atomic E-state index is 0.367. The van der Waals surface area contributed by atoms with Gasteiger partial charge < -0.3 is 9.15 Å². The molecule has 0 aliphatic rings. The second kappa shape index (κ2) is 7.75. The normalized spacial score (nSPS) is 12.8. The predicted octanol–water partition coefficient (Wildman–Crippen LogP) is 3.78. The number of aryl methyl sites for hydroxylation is 2. The summed E-state index contributed by atoms with van der Waals surface area (Å²) in [6.07, 6.45) is -0.763. The molecule has 0 radical (unpaired) electrons. The van der Waals surface area contributed by atoms with Crippen LogP contribution in [0.1, 0.15) is 29.2 Å². The average molecular weight is 384 g/mol. The third kappa shape index (κ3) is 4.43. The van der Waals surface area contributed by atoms with Crippen molar-refractivity contribution >= 4 is 33.9 Å². The first-order valence-electron chi connectivity index (χ1n) is 8.45. The Labute approximate surface area is 160 Å². The maximum atomic E-state index is 12.2. The van der Waals surface area contributed by atoms with E-state index in [-0.39, 0.29) is 5.91 Å². The van der Waals surface area contributed by atoms with Crippen LogP contribution >= 0.6 is 11.3 Å². The predicted molar refractivity (Wildman–Crippen MR) is 107 cm³/mol. The van der Waals surface area contributed by atoms with Crippen LogP contribution in [0.25, 0.3) is 11.0 Å². The molecular formula is C20H20N2O4S. The highest BCUT2D eigenvalue weighted by atomic mass is 32.1. The highest BCUT2D eigenvalue weighted by Gasteiger charge is 2.15. The van der Waals surface area contributed by atoms with Crippen molar-refractivity contribution in [2.75, 3.05) is 0 Å². The van der Waals surface area contributed by atoms with Crippen LogP contribution in [0.2, 0.25) is 0 Å². The number of hydrogen-bond acceptors (Lipinski definition) is 6. The maximum Gasteiger partial charge on any atom is 0.336 e. The molecule has 7 heteroatoms. The Bertz CT molecular complexity index is 1080. The van der Waals surface area contributed by atoms with Crippen molar-refractivity contribution in [2.45, 2.75) is 33.8 Å². The number of carbonyl (C=O) groups is 1. The third-order valence-corrected chi connectivity index (χ3v) is 5.15. The summed E-state index contributed by atoms with van der Waals surface area (Å²) in [5, 5.41) is 4.96. The molecule has 3 rings (SSSR count). The quantitative estimate of drug-likeness (QED) is 0.412. The number of hydrazone groups is 1. The van der Waals surface area contributed by atoms with E-state index in [2.05, 4.69) is 10.5 Å². The zero-order valence-corrected chi connectivity index (χ0v) is 16.3. The van der Waals surface area contributed by atoms with Gasteiger partial charge in [-0.3, -0.25) is 4.79 Å². The SMILES string of the molecule is C/C(=N/NC(=O)[C@@H](C)Oc1ccc2c(C)cc(=O)oc2c1)c1ccc(C)s1. The van der Waals surface area contributed by atoms with Crippen molar-refractivity contribution in [3.8, 4) is 5.75 Å². The summed E-state index contributed by atoms with van der Waals surface area (Å²) in [6.45, 7) is 7.32. The molecule has 0 spiro atoms. The lowest BCUT2D eigenvalue weighted by Crippen LogP contribution is -2.33. The van der Waals surface area contributed by atoms with Gasteiger partial charge in [-0.15, -0.1) is 11.3 Å². The summed E-state index contributed by atoms with van der Waals surface area (Å²) in [5.74, 6) is 0.0712. The molecule has 2 aromatic heterocycles. The Morgan fingerprint density at radius 1 is 1.22 bits per heavy atom. The molecule has 1 N–H and O–H groups in total. The van der Waals surface area contributed by atoms with E-state index in [1.165, 1.54) is 10.9 Å². The fourth-order valence-corrected chi connectivity index (χ4v) is 3.36. The first kappa shape index (κ1) is 18.8. The number of ether oxygens (including phenoxy) is 1. The molecule has 1 atom stereocenters. The summed E-state index contributed by atoms with van der Waals surface area (Å²) in [7, 11) is 0. The van der Waals surface area contributed by atoms with Gasteiger partial charge in [0.1, 0.15) is 11.3 Å². The Kier molecular flexibility index (Phi) is 5.41. The Balaban J connectivity index is 1.69. The number of benzene rings is 1. The minimum atomic E-state index is -0.763. The molecule has 0 saturated heterocycles. The topological polar surface area (TPSA) is 80.9 Å². The molecule has 0 fully saturated rings. The fourth-order valence-electron chi connectivity index (χ4n) is 2.55. The number of carbonyl (C=O) groups excluding carboxylic acids is 1. The zero-order valence-electron chi connectivity index (χ0n) is 15.5. The van der Waals surface area contributed by atoms with Crippen molar-refractivity contribution < 1.29 is 13.9 Å². The van der Waals surface area contributed by atoms with Gasteiger partial charge >= 0.3 is 5.63 Å². The molecule has 140 valence electrons. The summed E-state index contributed by atoms with van der Waals surface area (Å²) in [5.41, 5.74) is 4.09. The van der Waals surface area contributed by atoms with E-state index in [1.807, 2.05) is 32.9 Å². The van der Waals surface area contributed by atoms with Crippen LogP contribution in [0.15, 0.2) is 50.7 Å². The second-order valence-corrected chi connectivity index (χ2v) is 7.54. The van der Waals surface area contributed by atoms with Crippen LogP contribution in [0, 0.1) is 13.8 Å². The number of hydrogen-bond donors (Lipinski definition) is 1. The monoisotopic (exact) mass is 384 g/mol. The van der Waals surface area contributed by atoms with E-state index in [9.17, 15) is 9.59 Å². The average Bonchev–Trinajstić information content (AvgIpc) is 3.05. The largest absolute Gasteiger partial charge is 0.481 e. The number of fused-ring (bicyclic) bond motifs is 1. The van der Waals surface area contributed by atoms with Gasteiger partial charge in [0.2, 0.25) is 0 Å². The number of rotatable bonds is 5. The van der Waals surface area contributed by atoms with Crippen molar-refractivity contribution in [1.29, 1.82) is 0 Å². The van der Waals surface area contributed by atoms with E-state index in [0.29, 0.717) is 11.3 Å². The number of nitrogens with zero attached hydrogens (tertiary/aromatic N) is 1. The van der Waals surface area contributed by atoms with Crippen LogP contribution in [0.5, 0.6) is 5.75 Å². The van der Waals surface area contributed by atoms with E-state index >= 15 is 0 Å². The molecule has 0 bridgehead atoms. The lowest BCUT2D eigenvalue weighted by molar-refractivity contribution is -0.127. The van der Waals surface area contributed by atoms with Crippen molar-refractivity contribution in [3.05, 3.63) is 62.1 Å². The third-order valence-electron chi connectivity index (χ3n) is 4.04. The Morgan fingerprint density at radius 3 is 2.70 bits per heavy atom. The molecule has 27 heavy (non-hydrogen) atoms. The van der Waals surface area contributed by atoms with Crippen LogP contribution < -0.4 is 15.8 Å². The summed E-state index contributed by atoms with van der Waals surface area (Å²) in [4.78, 5) is 26.0. The molecule has 0 aliphatic heterocycles. The van der Waals surface area contributed by atoms with Gasteiger partial charge in [-0.1, -0.05) is 0 Å². The van der Waals surface area contributed by atoms with Crippen LogP contribution in [-0.2, 0) is 4.79 Å². The van der Waals surface area contributed by atoms with Crippen molar-refractivity contribution in [3.63, 3.8) is 0 Å². The molecule has 0 aliphatic carbocycles. The highest BCUT2D eigenvalue weighted by molar-refractivity contribution is 7.14. The zero-order chi connectivity index (χ0) is 19.6. The second-order valence-electron chi connectivity index (χ2n) is 6.25. The standard InChI is InChI=1S/C20H20N2O4S/c1-11-9-19(23)26-17-10-15(6-7-16(11)17)25-14(4)20(24)22-21-13(3)18-8-5-12(2)27-18/h5-10,14H,1-4H3,(H,22,24)/b21-13-/t14-/m1/s1. The van der Waals surface area contributed by atoms with Crippen molar-refractivity contribution in [2.24, 2.45) is 5.10 Å². The number of thiophene rings is 1. The Hall–Kier alpha value is -2.93. The number of amides is 1. The first-order valence-corrected chi connectivity index (χ1v) is 9.27. The minimum Gasteiger partial charge on any atom is -0.481 e. The van der Waals surface area contributed by atoms with Crippen LogP contribution in [0.4, 0.5) is 0 Å². The van der Waals surface area contributed by atoms with Gasteiger partial charge in [0.15, 0.2) is 6.10 Å². The summed E-state index contributed by atoms with van der Waals surface area (Å²) in [6, 6.07) is 10.6.